The summed E-state index contributed by atoms with van der Waals surface area (Å²) in [5, 5.41) is 9.09. The number of carboxylic acids is 1. The van der Waals surface area contributed by atoms with Gasteiger partial charge in [-0.2, -0.15) is 0 Å². The van der Waals surface area contributed by atoms with E-state index in [1.807, 2.05) is 43.0 Å². The summed E-state index contributed by atoms with van der Waals surface area (Å²) in [5.74, 6) is -0.632. The summed E-state index contributed by atoms with van der Waals surface area (Å²) in [6.07, 6.45) is 0. The zero-order chi connectivity index (χ0) is 14.7. The molecule has 0 atom stereocenters. The third-order valence-corrected chi connectivity index (χ3v) is 2.93. The van der Waals surface area contributed by atoms with Crippen LogP contribution in [0.1, 0.15) is 28.7 Å². The van der Waals surface area contributed by atoms with Crippen molar-refractivity contribution in [3.05, 3.63) is 47.3 Å². The summed E-state index contributed by atoms with van der Waals surface area (Å²) in [7, 11) is 0. The predicted octanol–water partition coefficient (Wildman–Crippen LogP) is 2.95. The van der Waals surface area contributed by atoms with Crippen molar-refractivity contribution in [1.29, 1.82) is 0 Å². The first-order valence-corrected chi connectivity index (χ1v) is 6.44. The van der Waals surface area contributed by atoms with Gasteiger partial charge in [0, 0.05) is 17.9 Å². The number of carbonyl (C=O) groups is 1. The molecule has 0 radical (unpaired) electrons. The Balaban J connectivity index is 2.49. The van der Waals surface area contributed by atoms with Gasteiger partial charge in [0.1, 0.15) is 0 Å². The molecule has 0 fully saturated rings. The Morgan fingerprint density at radius 3 is 2.60 bits per heavy atom. The lowest BCUT2D eigenvalue weighted by molar-refractivity contribution is 0.0690. The quantitative estimate of drug-likeness (QED) is 0.926. The molecule has 1 heterocycles. The van der Waals surface area contributed by atoms with E-state index in [-0.39, 0.29) is 5.69 Å². The standard InChI is InChI=1S/C15H17N3O2/c1-4-18(12-7-5-6-10(2)8-12)15-16-11(3)9-13(17-15)14(19)20/h5-9H,4H2,1-3H3,(H,19,20). The van der Waals surface area contributed by atoms with Gasteiger partial charge in [0.25, 0.3) is 0 Å². The molecule has 0 spiro atoms. The van der Waals surface area contributed by atoms with E-state index >= 15 is 0 Å². The molecule has 1 aromatic carbocycles. The van der Waals surface area contributed by atoms with Crippen LogP contribution in [0.25, 0.3) is 0 Å². The van der Waals surface area contributed by atoms with Crippen LogP contribution in [-0.2, 0) is 0 Å². The van der Waals surface area contributed by atoms with Crippen molar-refractivity contribution in [3.8, 4) is 0 Å². The maximum atomic E-state index is 11.1. The summed E-state index contributed by atoms with van der Waals surface area (Å²) < 4.78 is 0. The first kappa shape index (κ1) is 14.0. The second-order valence-electron chi connectivity index (χ2n) is 4.58. The van der Waals surface area contributed by atoms with Crippen molar-refractivity contribution in [2.45, 2.75) is 20.8 Å². The fourth-order valence-corrected chi connectivity index (χ4v) is 2.02. The fourth-order valence-electron chi connectivity index (χ4n) is 2.02. The summed E-state index contributed by atoms with van der Waals surface area (Å²) >= 11 is 0. The highest BCUT2D eigenvalue weighted by Crippen LogP contribution is 2.23. The van der Waals surface area contributed by atoms with Crippen LogP contribution in [0.15, 0.2) is 30.3 Å². The highest BCUT2D eigenvalue weighted by atomic mass is 16.4. The Kier molecular flexibility index (Phi) is 3.98. The third kappa shape index (κ3) is 2.93. The van der Waals surface area contributed by atoms with E-state index < -0.39 is 5.97 Å². The molecule has 1 N–H and O–H groups in total. The van der Waals surface area contributed by atoms with E-state index in [1.54, 1.807) is 6.92 Å². The van der Waals surface area contributed by atoms with Crippen molar-refractivity contribution < 1.29 is 9.90 Å². The van der Waals surface area contributed by atoms with E-state index in [0.717, 1.165) is 11.3 Å². The Bertz CT molecular complexity index is 641. The average Bonchev–Trinajstić information content (AvgIpc) is 2.39. The number of aromatic carboxylic acids is 1. The second-order valence-corrected chi connectivity index (χ2v) is 4.58. The van der Waals surface area contributed by atoms with E-state index in [1.165, 1.54) is 6.07 Å². The first-order valence-electron chi connectivity index (χ1n) is 6.44. The summed E-state index contributed by atoms with van der Waals surface area (Å²) in [5.41, 5.74) is 2.73. The van der Waals surface area contributed by atoms with Crippen LogP contribution in [0.2, 0.25) is 0 Å². The van der Waals surface area contributed by atoms with Crippen LogP contribution < -0.4 is 4.90 Å². The zero-order valence-corrected chi connectivity index (χ0v) is 11.8. The van der Waals surface area contributed by atoms with Gasteiger partial charge >= 0.3 is 5.97 Å². The molecule has 1 aromatic heterocycles. The van der Waals surface area contributed by atoms with E-state index in [9.17, 15) is 4.79 Å². The molecule has 0 amide bonds. The maximum Gasteiger partial charge on any atom is 0.354 e. The molecule has 0 bridgehead atoms. The SMILES string of the molecule is CCN(c1cccc(C)c1)c1nc(C)cc(C(=O)O)n1. The van der Waals surface area contributed by atoms with Crippen LogP contribution >= 0.6 is 0 Å². The third-order valence-electron chi connectivity index (χ3n) is 2.93. The van der Waals surface area contributed by atoms with Crippen molar-refractivity contribution in [3.63, 3.8) is 0 Å². The lowest BCUT2D eigenvalue weighted by Crippen LogP contribution is -2.20. The second kappa shape index (κ2) is 5.69. The van der Waals surface area contributed by atoms with Gasteiger partial charge in [-0.3, -0.25) is 0 Å². The number of anilines is 2. The van der Waals surface area contributed by atoms with Crippen molar-refractivity contribution in [2.24, 2.45) is 0 Å². The van der Waals surface area contributed by atoms with Gasteiger partial charge < -0.3 is 10.0 Å². The van der Waals surface area contributed by atoms with Gasteiger partial charge in [0.15, 0.2) is 5.69 Å². The summed E-state index contributed by atoms with van der Waals surface area (Å²) in [6.45, 7) is 6.42. The van der Waals surface area contributed by atoms with Gasteiger partial charge in [-0.05, 0) is 44.5 Å². The number of rotatable bonds is 4. The lowest BCUT2D eigenvalue weighted by Gasteiger charge is -2.21. The maximum absolute atomic E-state index is 11.1. The predicted molar refractivity (Wildman–Crippen MR) is 77.6 cm³/mol. The average molecular weight is 271 g/mol. The van der Waals surface area contributed by atoms with Gasteiger partial charge in [0.2, 0.25) is 5.95 Å². The van der Waals surface area contributed by atoms with Gasteiger partial charge in [0.05, 0.1) is 0 Å². The van der Waals surface area contributed by atoms with Crippen molar-refractivity contribution >= 4 is 17.6 Å². The molecule has 0 saturated heterocycles. The van der Waals surface area contributed by atoms with Crippen molar-refractivity contribution in [1.82, 2.24) is 9.97 Å². The zero-order valence-electron chi connectivity index (χ0n) is 11.8. The molecule has 0 aliphatic heterocycles. The topological polar surface area (TPSA) is 66.3 Å². The van der Waals surface area contributed by atoms with E-state index in [4.69, 9.17) is 5.11 Å². The highest BCUT2D eigenvalue weighted by Gasteiger charge is 2.14. The minimum absolute atomic E-state index is 0.0126. The molecular weight excluding hydrogens is 254 g/mol. The molecular formula is C15H17N3O2. The van der Waals surface area contributed by atoms with Crippen LogP contribution in [0, 0.1) is 13.8 Å². The normalized spacial score (nSPS) is 10.3. The Morgan fingerprint density at radius 2 is 2.00 bits per heavy atom. The summed E-state index contributed by atoms with van der Waals surface area (Å²) in [4.78, 5) is 21.5. The van der Waals surface area contributed by atoms with Gasteiger partial charge in [-0.25, -0.2) is 14.8 Å². The number of benzene rings is 1. The molecule has 0 aliphatic carbocycles. The smallest absolute Gasteiger partial charge is 0.354 e. The molecule has 5 nitrogen and oxygen atoms in total. The van der Waals surface area contributed by atoms with Crippen LogP contribution in [0.3, 0.4) is 0 Å². The number of hydrogen-bond donors (Lipinski definition) is 1. The number of aromatic nitrogens is 2. The number of nitrogens with zero attached hydrogens (tertiary/aromatic N) is 3. The molecule has 0 aliphatic rings. The Morgan fingerprint density at radius 1 is 1.25 bits per heavy atom. The lowest BCUT2D eigenvalue weighted by atomic mass is 10.2. The Hall–Kier alpha value is -2.43. The van der Waals surface area contributed by atoms with E-state index in [2.05, 4.69) is 9.97 Å². The summed E-state index contributed by atoms with van der Waals surface area (Å²) in [6, 6.07) is 9.42. The molecule has 0 saturated carbocycles. The monoisotopic (exact) mass is 271 g/mol. The van der Waals surface area contributed by atoms with Crippen molar-refractivity contribution in [2.75, 3.05) is 11.4 Å². The Labute approximate surface area is 117 Å². The van der Waals surface area contributed by atoms with Gasteiger partial charge in [-0.1, -0.05) is 12.1 Å². The molecule has 5 heteroatoms. The molecule has 2 rings (SSSR count). The van der Waals surface area contributed by atoms with Crippen LogP contribution in [0.4, 0.5) is 11.6 Å². The van der Waals surface area contributed by atoms with Crippen LogP contribution in [-0.4, -0.2) is 27.6 Å². The minimum atomic E-state index is -1.04. The number of carboxylic acid groups (broad SMARTS) is 1. The molecule has 0 unspecified atom stereocenters. The molecule has 20 heavy (non-hydrogen) atoms. The fraction of sp³-hybridized carbons (Fsp3) is 0.267. The first-order chi connectivity index (χ1) is 9.51. The molecule has 2 aromatic rings. The van der Waals surface area contributed by atoms with Crippen LogP contribution in [0.5, 0.6) is 0 Å². The number of aryl methyl sites for hydroxylation is 2. The highest BCUT2D eigenvalue weighted by molar-refractivity contribution is 5.85. The van der Waals surface area contributed by atoms with Gasteiger partial charge in [-0.15, -0.1) is 0 Å². The molecule has 104 valence electrons. The van der Waals surface area contributed by atoms with E-state index in [0.29, 0.717) is 18.2 Å². The number of hydrogen-bond acceptors (Lipinski definition) is 4. The minimum Gasteiger partial charge on any atom is -0.477 e. The largest absolute Gasteiger partial charge is 0.477 e.